The van der Waals surface area contributed by atoms with E-state index < -0.39 is 0 Å². The van der Waals surface area contributed by atoms with E-state index in [-0.39, 0.29) is 5.69 Å². The highest BCUT2D eigenvalue weighted by atomic mass is 35.5. The normalized spacial score (nSPS) is 13.9. The Hall–Kier alpha value is -1.55. The van der Waals surface area contributed by atoms with Crippen molar-refractivity contribution in [1.82, 2.24) is 14.3 Å². The largest absolute Gasteiger partial charge is 0.345 e. The summed E-state index contributed by atoms with van der Waals surface area (Å²) in [5.41, 5.74) is 2.30. The fraction of sp³-hybridized carbons (Fsp3) is 0.385. The van der Waals surface area contributed by atoms with Crippen LogP contribution < -0.4 is 5.69 Å². The van der Waals surface area contributed by atoms with Crippen molar-refractivity contribution < 1.29 is 0 Å². The third kappa shape index (κ3) is 1.68. The van der Waals surface area contributed by atoms with E-state index in [4.69, 9.17) is 11.6 Å². The lowest BCUT2D eigenvalue weighted by Crippen LogP contribution is -2.25. The molecule has 0 amide bonds. The van der Waals surface area contributed by atoms with E-state index in [1.807, 2.05) is 19.1 Å². The van der Waals surface area contributed by atoms with E-state index in [1.165, 1.54) is 10.2 Å². The summed E-state index contributed by atoms with van der Waals surface area (Å²) < 4.78 is 3.27. The molecular formula is C13H14ClN3O. The van der Waals surface area contributed by atoms with Crippen LogP contribution in [-0.2, 0) is 25.9 Å². The monoisotopic (exact) mass is 263 g/mol. The van der Waals surface area contributed by atoms with Crippen LogP contribution in [0.4, 0.5) is 0 Å². The highest BCUT2D eigenvalue weighted by molar-refractivity contribution is 6.31. The average molecular weight is 264 g/mol. The van der Waals surface area contributed by atoms with Crippen LogP contribution in [-0.4, -0.2) is 14.3 Å². The van der Waals surface area contributed by atoms with Gasteiger partial charge in [-0.25, -0.2) is 9.48 Å². The molecule has 1 aliphatic heterocycles. The second-order valence-corrected chi connectivity index (χ2v) is 4.88. The average Bonchev–Trinajstić information content (AvgIpc) is 2.56. The summed E-state index contributed by atoms with van der Waals surface area (Å²) in [6, 6.07) is 5.93. The number of aryl methyl sites for hydroxylation is 2. The molecule has 2 aromatic rings. The molecule has 0 N–H and O–H groups in total. The number of aromatic nitrogens is 3. The zero-order valence-corrected chi connectivity index (χ0v) is 10.9. The van der Waals surface area contributed by atoms with Gasteiger partial charge in [-0.05, 0) is 30.5 Å². The Morgan fingerprint density at radius 1 is 1.44 bits per heavy atom. The van der Waals surface area contributed by atoms with Gasteiger partial charge in [0.2, 0.25) is 0 Å². The summed E-state index contributed by atoms with van der Waals surface area (Å²) in [7, 11) is 0. The Kier molecular flexibility index (Phi) is 2.74. The molecule has 1 aromatic carbocycles. The molecule has 0 radical (unpaired) electrons. The maximum absolute atomic E-state index is 12.1. The van der Waals surface area contributed by atoms with Crippen molar-refractivity contribution in [2.75, 3.05) is 0 Å². The molecule has 94 valence electrons. The van der Waals surface area contributed by atoms with Gasteiger partial charge in [-0.1, -0.05) is 23.7 Å². The maximum Gasteiger partial charge on any atom is 0.345 e. The van der Waals surface area contributed by atoms with Gasteiger partial charge < -0.3 is 0 Å². The molecule has 1 aromatic heterocycles. The van der Waals surface area contributed by atoms with E-state index in [0.29, 0.717) is 19.5 Å². The van der Waals surface area contributed by atoms with Gasteiger partial charge in [0.15, 0.2) is 0 Å². The van der Waals surface area contributed by atoms with E-state index in [1.54, 1.807) is 4.57 Å². The molecule has 4 nitrogen and oxygen atoms in total. The van der Waals surface area contributed by atoms with Crippen molar-refractivity contribution in [3.8, 4) is 0 Å². The molecule has 1 aliphatic rings. The molecule has 0 atom stereocenters. The van der Waals surface area contributed by atoms with Crippen LogP contribution >= 0.6 is 11.6 Å². The highest BCUT2D eigenvalue weighted by Gasteiger charge is 2.19. The lowest BCUT2D eigenvalue weighted by atomic mass is 10.0. The molecule has 18 heavy (non-hydrogen) atoms. The van der Waals surface area contributed by atoms with E-state index >= 15 is 0 Å². The molecule has 0 spiro atoms. The van der Waals surface area contributed by atoms with Crippen LogP contribution in [0.2, 0.25) is 5.02 Å². The Balaban J connectivity index is 2.14. The Bertz CT molecular complexity index is 657. The molecule has 0 aliphatic carbocycles. The highest BCUT2D eigenvalue weighted by Crippen LogP contribution is 2.25. The predicted molar refractivity (Wildman–Crippen MR) is 70.1 cm³/mol. The zero-order valence-electron chi connectivity index (χ0n) is 10.2. The van der Waals surface area contributed by atoms with Crippen LogP contribution in [0.25, 0.3) is 0 Å². The minimum Gasteiger partial charge on any atom is -0.278 e. The number of benzene rings is 1. The van der Waals surface area contributed by atoms with Gasteiger partial charge in [0.05, 0.1) is 0 Å². The first-order chi connectivity index (χ1) is 8.70. The topological polar surface area (TPSA) is 39.8 Å². The summed E-state index contributed by atoms with van der Waals surface area (Å²) in [6.07, 6.45) is 1.47. The molecule has 0 fully saturated rings. The molecular weight excluding hydrogens is 250 g/mol. The first-order valence-electron chi connectivity index (χ1n) is 6.13. The van der Waals surface area contributed by atoms with Gasteiger partial charge in [0, 0.05) is 24.5 Å². The third-order valence-corrected chi connectivity index (χ3v) is 3.81. The lowest BCUT2D eigenvalue weighted by molar-refractivity contribution is 0.600. The van der Waals surface area contributed by atoms with Crippen molar-refractivity contribution in [2.45, 2.75) is 32.9 Å². The molecule has 3 rings (SSSR count). The smallest absolute Gasteiger partial charge is 0.278 e. The van der Waals surface area contributed by atoms with Crippen molar-refractivity contribution in [2.24, 2.45) is 0 Å². The Morgan fingerprint density at radius 2 is 2.28 bits per heavy atom. The first-order valence-corrected chi connectivity index (χ1v) is 6.51. The SMILES string of the molecule is CCn1nc2n(c1=O)CCc1cccc(Cl)c1C2. The third-order valence-electron chi connectivity index (χ3n) is 3.45. The maximum atomic E-state index is 12.1. The standard InChI is InChI=1S/C13H14ClN3O/c1-2-17-13(18)16-7-6-9-4-3-5-11(14)10(9)8-12(16)15-17/h3-5H,2,6-8H2,1H3. The number of fused-ring (bicyclic) bond motifs is 2. The zero-order chi connectivity index (χ0) is 12.7. The van der Waals surface area contributed by atoms with Gasteiger partial charge >= 0.3 is 5.69 Å². The molecule has 0 unspecified atom stereocenters. The fourth-order valence-electron chi connectivity index (χ4n) is 2.47. The van der Waals surface area contributed by atoms with Crippen molar-refractivity contribution in [3.05, 3.63) is 50.7 Å². The van der Waals surface area contributed by atoms with Crippen LogP contribution in [0, 0.1) is 0 Å². The van der Waals surface area contributed by atoms with E-state index in [0.717, 1.165) is 22.8 Å². The molecule has 0 saturated heterocycles. The minimum atomic E-state index is -0.0172. The van der Waals surface area contributed by atoms with E-state index in [2.05, 4.69) is 11.2 Å². The number of hydrogen-bond donors (Lipinski definition) is 0. The second kappa shape index (κ2) is 4.28. The van der Waals surface area contributed by atoms with Crippen molar-refractivity contribution in [3.63, 3.8) is 0 Å². The number of halogens is 1. The molecule has 5 heteroatoms. The lowest BCUT2D eigenvalue weighted by Gasteiger charge is -2.06. The van der Waals surface area contributed by atoms with Crippen LogP contribution in [0.1, 0.15) is 23.9 Å². The second-order valence-electron chi connectivity index (χ2n) is 4.47. The summed E-state index contributed by atoms with van der Waals surface area (Å²) >= 11 is 6.24. The first kappa shape index (κ1) is 11.5. The Labute approximate surface area is 110 Å². The van der Waals surface area contributed by atoms with Crippen molar-refractivity contribution >= 4 is 11.6 Å². The van der Waals surface area contributed by atoms with Crippen LogP contribution in [0.5, 0.6) is 0 Å². The van der Waals surface area contributed by atoms with Gasteiger partial charge in [-0.15, -0.1) is 0 Å². The number of rotatable bonds is 1. The van der Waals surface area contributed by atoms with Gasteiger partial charge in [-0.2, -0.15) is 5.10 Å². The Morgan fingerprint density at radius 3 is 3.06 bits per heavy atom. The fourth-order valence-corrected chi connectivity index (χ4v) is 2.73. The predicted octanol–water partition coefficient (Wildman–Crippen LogP) is 1.86. The quantitative estimate of drug-likeness (QED) is 0.788. The van der Waals surface area contributed by atoms with Gasteiger partial charge in [0.1, 0.15) is 5.82 Å². The molecule has 0 bridgehead atoms. The number of hydrogen-bond acceptors (Lipinski definition) is 2. The van der Waals surface area contributed by atoms with Crippen molar-refractivity contribution in [1.29, 1.82) is 0 Å². The summed E-state index contributed by atoms with van der Waals surface area (Å²) in [6.45, 7) is 3.21. The molecule has 0 saturated carbocycles. The number of nitrogens with zero attached hydrogens (tertiary/aromatic N) is 3. The van der Waals surface area contributed by atoms with Gasteiger partial charge in [0.25, 0.3) is 0 Å². The molecule has 2 heterocycles. The van der Waals surface area contributed by atoms with Crippen LogP contribution in [0.3, 0.4) is 0 Å². The summed E-state index contributed by atoms with van der Waals surface area (Å²) in [4.78, 5) is 12.1. The summed E-state index contributed by atoms with van der Waals surface area (Å²) in [5.74, 6) is 0.814. The summed E-state index contributed by atoms with van der Waals surface area (Å²) in [5, 5.41) is 5.14. The van der Waals surface area contributed by atoms with Crippen LogP contribution in [0.15, 0.2) is 23.0 Å². The van der Waals surface area contributed by atoms with Gasteiger partial charge in [-0.3, -0.25) is 4.57 Å². The minimum absolute atomic E-state index is 0.0172. The van der Waals surface area contributed by atoms with E-state index in [9.17, 15) is 4.79 Å².